The monoisotopic (exact) mass is 340 g/mol. The molecule has 3 heterocycles. The van der Waals surface area contributed by atoms with E-state index in [1.54, 1.807) is 6.33 Å². The van der Waals surface area contributed by atoms with E-state index in [2.05, 4.69) is 39.2 Å². The zero-order chi connectivity index (χ0) is 17.3. The van der Waals surface area contributed by atoms with Crippen LogP contribution in [0.2, 0.25) is 0 Å². The molecule has 5 rings (SSSR count). The highest BCUT2D eigenvalue weighted by atomic mass is 16.5. The number of fused-ring (bicyclic) bond motifs is 2. The van der Waals surface area contributed by atoms with Gasteiger partial charge in [-0.05, 0) is 5.56 Å². The summed E-state index contributed by atoms with van der Waals surface area (Å²) in [6.45, 7) is 1.32. The van der Waals surface area contributed by atoms with Crippen molar-refractivity contribution in [3.63, 3.8) is 0 Å². The van der Waals surface area contributed by atoms with Crippen molar-refractivity contribution >= 4 is 23.0 Å². The predicted molar refractivity (Wildman–Crippen MR) is 100.0 cm³/mol. The number of ether oxygens (including phenoxy) is 1. The standard InChI is InChI=1S/C21H16N4O/c1-2-6-15(7-3-1)11-25-14-24-20-18(22-13-23-21(20)25)10-19-17-9-5-4-8-16(17)12-26-19/h1-10,13-14H,11-12H2/b19-10+. The van der Waals surface area contributed by atoms with Crippen LogP contribution >= 0.6 is 0 Å². The molecule has 0 amide bonds. The summed E-state index contributed by atoms with van der Waals surface area (Å²) in [5, 5.41) is 0. The SMILES string of the molecule is C(=C1\OCc2ccccc21)/c1ncnc2c1ncn2Cc1ccccc1. The van der Waals surface area contributed by atoms with Crippen LogP contribution in [0.3, 0.4) is 0 Å². The van der Waals surface area contributed by atoms with Crippen LogP contribution in [-0.4, -0.2) is 19.5 Å². The molecule has 1 aliphatic heterocycles. The summed E-state index contributed by atoms with van der Waals surface area (Å²) >= 11 is 0. The second kappa shape index (κ2) is 6.11. The quantitative estimate of drug-likeness (QED) is 0.567. The summed E-state index contributed by atoms with van der Waals surface area (Å²) in [5.74, 6) is 0.832. The molecule has 4 aromatic rings. The van der Waals surface area contributed by atoms with Crippen LogP contribution in [0.15, 0.2) is 67.3 Å². The molecule has 0 aliphatic carbocycles. The third kappa shape index (κ3) is 2.54. The Morgan fingerprint density at radius 2 is 1.81 bits per heavy atom. The molecule has 0 fully saturated rings. The van der Waals surface area contributed by atoms with Crippen molar-refractivity contribution < 1.29 is 4.74 Å². The Labute approximate surface area is 150 Å². The summed E-state index contributed by atoms with van der Waals surface area (Å²) < 4.78 is 7.88. The number of hydrogen-bond donors (Lipinski definition) is 0. The minimum Gasteiger partial charge on any atom is -0.488 e. The average molecular weight is 340 g/mol. The molecule has 5 nitrogen and oxygen atoms in total. The molecule has 26 heavy (non-hydrogen) atoms. The van der Waals surface area contributed by atoms with Gasteiger partial charge in [-0.25, -0.2) is 15.0 Å². The van der Waals surface area contributed by atoms with Crippen molar-refractivity contribution in [2.24, 2.45) is 0 Å². The molecule has 0 spiro atoms. The molecule has 0 radical (unpaired) electrons. The van der Waals surface area contributed by atoms with Gasteiger partial charge in [0.05, 0.1) is 18.6 Å². The Bertz CT molecular complexity index is 1120. The maximum atomic E-state index is 5.84. The van der Waals surface area contributed by atoms with E-state index in [9.17, 15) is 0 Å². The van der Waals surface area contributed by atoms with Crippen LogP contribution < -0.4 is 0 Å². The molecule has 126 valence electrons. The number of nitrogens with zero attached hydrogens (tertiary/aromatic N) is 4. The summed E-state index contributed by atoms with van der Waals surface area (Å²) in [6.07, 6.45) is 5.35. The summed E-state index contributed by atoms with van der Waals surface area (Å²) in [6, 6.07) is 18.5. The highest BCUT2D eigenvalue weighted by Gasteiger charge is 2.18. The van der Waals surface area contributed by atoms with Gasteiger partial charge in [0.15, 0.2) is 5.65 Å². The van der Waals surface area contributed by atoms with Gasteiger partial charge in [-0.2, -0.15) is 0 Å². The van der Waals surface area contributed by atoms with E-state index in [0.29, 0.717) is 6.61 Å². The van der Waals surface area contributed by atoms with Crippen LogP contribution in [0.1, 0.15) is 22.4 Å². The smallest absolute Gasteiger partial charge is 0.164 e. The zero-order valence-electron chi connectivity index (χ0n) is 14.0. The fourth-order valence-electron chi connectivity index (χ4n) is 3.26. The van der Waals surface area contributed by atoms with E-state index < -0.39 is 0 Å². The van der Waals surface area contributed by atoms with Gasteiger partial charge < -0.3 is 9.30 Å². The first-order valence-electron chi connectivity index (χ1n) is 8.51. The lowest BCUT2D eigenvalue weighted by molar-refractivity contribution is 0.287. The number of hydrogen-bond acceptors (Lipinski definition) is 4. The lowest BCUT2D eigenvalue weighted by Gasteiger charge is -2.04. The van der Waals surface area contributed by atoms with Crippen LogP contribution in [0.25, 0.3) is 23.0 Å². The van der Waals surface area contributed by atoms with Crippen molar-refractivity contribution in [3.8, 4) is 0 Å². The van der Waals surface area contributed by atoms with E-state index in [1.165, 1.54) is 11.1 Å². The van der Waals surface area contributed by atoms with Gasteiger partial charge in [0, 0.05) is 17.2 Å². The molecule has 0 N–H and O–H groups in total. The van der Waals surface area contributed by atoms with Crippen molar-refractivity contribution in [3.05, 3.63) is 89.6 Å². The van der Waals surface area contributed by atoms with Gasteiger partial charge in [0.2, 0.25) is 0 Å². The normalized spacial score (nSPS) is 14.5. The molecule has 0 saturated carbocycles. The van der Waals surface area contributed by atoms with Crippen molar-refractivity contribution in [1.29, 1.82) is 0 Å². The van der Waals surface area contributed by atoms with Crippen LogP contribution in [0, 0.1) is 0 Å². The van der Waals surface area contributed by atoms with Gasteiger partial charge in [-0.3, -0.25) is 0 Å². The van der Waals surface area contributed by atoms with Gasteiger partial charge in [0.1, 0.15) is 24.2 Å². The van der Waals surface area contributed by atoms with Crippen LogP contribution in [0.5, 0.6) is 0 Å². The molecule has 5 heteroatoms. The minimum absolute atomic E-state index is 0.596. The molecule has 2 aromatic carbocycles. The predicted octanol–water partition coefficient (Wildman–Crippen LogP) is 3.90. The van der Waals surface area contributed by atoms with E-state index in [0.717, 1.165) is 34.7 Å². The Kier molecular flexibility index (Phi) is 3.49. The fraction of sp³-hybridized carbons (Fsp3) is 0.0952. The highest BCUT2D eigenvalue weighted by Crippen LogP contribution is 2.31. The van der Waals surface area contributed by atoms with Crippen molar-refractivity contribution in [2.45, 2.75) is 13.2 Å². The molecule has 0 unspecified atom stereocenters. The molecular weight excluding hydrogens is 324 g/mol. The van der Waals surface area contributed by atoms with E-state index in [4.69, 9.17) is 4.74 Å². The molecule has 2 aromatic heterocycles. The molecule has 0 atom stereocenters. The maximum Gasteiger partial charge on any atom is 0.164 e. The van der Waals surface area contributed by atoms with Gasteiger partial charge in [-0.15, -0.1) is 0 Å². The third-order valence-corrected chi connectivity index (χ3v) is 4.56. The Hall–Kier alpha value is -3.47. The first kappa shape index (κ1) is 14.8. The lowest BCUT2D eigenvalue weighted by atomic mass is 10.1. The third-order valence-electron chi connectivity index (χ3n) is 4.56. The Balaban J connectivity index is 1.55. The van der Waals surface area contributed by atoms with Crippen molar-refractivity contribution in [1.82, 2.24) is 19.5 Å². The zero-order valence-corrected chi connectivity index (χ0v) is 14.0. The fourth-order valence-corrected chi connectivity index (χ4v) is 3.26. The van der Waals surface area contributed by atoms with Gasteiger partial charge in [0.25, 0.3) is 0 Å². The van der Waals surface area contributed by atoms with E-state index >= 15 is 0 Å². The number of aromatic nitrogens is 4. The second-order valence-corrected chi connectivity index (χ2v) is 6.24. The highest BCUT2D eigenvalue weighted by molar-refractivity contribution is 5.88. The van der Waals surface area contributed by atoms with Crippen LogP contribution in [0.4, 0.5) is 0 Å². The average Bonchev–Trinajstić information content (AvgIpc) is 3.28. The molecule has 0 saturated heterocycles. The maximum absolute atomic E-state index is 5.84. The lowest BCUT2D eigenvalue weighted by Crippen LogP contribution is -1.99. The second-order valence-electron chi connectivity index (χ2n) is 6.24. The number of rotatable bonds is 3. The van der Waals surface area contributed by atoms with E-state index in [-0.39, 0.29) is 0 Å². The molecule has 1 aliphatic rings. The first-order chi connectivity index (χ1) is 12.9. The molecular formula is C21H16N4O. The Morgan fingerprint density at radius 3 is 2.73 bits per heavy atom. The van der Waals surface area contributed by atoms with Crippen molar-refractivity contribution in [2.75, 3.05) is 0 Å². The topological polar surface area (TPSA) is 52.8 Å². The molecule has 0 bridgehead atoms. The summed E-state index contributed by atoms with van der Waals surface area (Å²) in [5.41, 5.74) is 5.89. The number of benzene rings is 2. The first-order valence-corrected chi connectivity index (χ1v) is 8.51. The minimum atomic E-state index is 0.596. The summed E-state index contributed by atoms with van der Waals surface area (Å²) in [7, 11) is 0. The van der Waals surface area contributed by atoms with Gasteiger partial charge >= 0.3 is 0 Å². The largest absolute Gasteiger partial charge is 0.488 e. The van der Waals surface area contributed by atoms with E-state index in [1.807, 2.05) is 47.3 Å². The Morgan fingerprint density at radius 1 is 0.962 bits per heavy atom. The summed E-state index contributed by atoms with van der Waals surface area (Å²) in [4.78, 5) is 13.4. The van der Waals surface area contributed by atoms with Gasteiger partial charge in [-0.1, -0.05) is 54.6 Å². The van der Waals surface area contributed by atoms with Crippen LogP contribution in [-0.2, 0) is 17.9 Å². The number of imidazole rings is 1.